The highest BCUT2D eigenvalue weighted by molar-refractivity contribution is 4.58. The number of aliphatic hydroxyl groups is 1. The van der Waals surface area contributed by atoms with Crippen LogP contribution in [-0.2, 0) is 0 Å². The van der Waals surface area contributed by atoms with E-state index in [1.165, 1.54) is 51.4 Å². The molecule has 0 amide bonds. The molecule has 0 radical (unpaired) electrons. The minimum absolute atomic E-state index is 0.0656. The van der Waals surface area contributed by atoms with Crippen LogP contribution in [-0.4, -0.2) is 24.3 Å². The Morgan fingerprint density at radius 1 is 0.722 bits per heavy atom. The molecule has 0 saturated carbocycles. The third kappa shape index (κ3) is 14.0. The molecule has 2 heteroatoms. The summed E-state index contributed by atoms with van der Waals surface area (Å²) in [4.78, 5) is 0. The first-order chi connectivity index (χ1) is 8.81. The summed E-state index contributed by atoms with van der Waals surface area (Å²) in [7, 11) is 0. The molecule has 1 unspecified atom stereocenters. The standard InChI is InChI=1S/C16H35NO/c1-3-5-7-8-9-10-12-16(18)13-11-15-17-14-6-4-2/h16-18H,3-15H2,1-2H3. The highest BCUT2D eigenvalue weighted by Gasteiger charge is 2.03. The van der Waals surface area contributed by atoms with Crippen molar-refractivity contribution in [2.45, 2.75) is 90.6 Å². The summed E-state index contributed by atoms with van der Waals surface area (Å²) in [6.45, 7) is 6.65. The lowest BCUT2D eigenvalue weighted by Gasteiger charge is -2.10. The van der Waals surface area contributed by atoms with E-state index in [0.717, 1.165) is 32.4 Å². The van der Waals surface area contributed by atoms with Crippen molar-refractivity contribution < 1.29 is 5.11 Å². The first-order valence-electron chi connectivity index (χ1n) is 8.20. The van der Waals surface area contributed by atoms with Crippen LogP contribution in [0.5, 0.6) is 0 Å². The molecule has 0 aromatic rings. The molecule has 110 valence electrons. The maximum Gasteiger partial charge on any atom is 0.0540 e. The molecule has 0 rings (SSSR count). The molecule has 0 saturated heterocycles. The third-order valence-corrected chi connectivity index (χ3v) is 3.49. The zero-order valence-electron chi connectivity index (χ0n) is 12.7. The van der Waals surface area contributed by atoms with Crippen LogP contribution in [0.3, 0.4) is 0 Å². The number of aliphatic hydroxyl groups excluding tert-OH is 1. The molecule has 2 N–H and O–H groups in total. The van der Waals surface area contributed by atoms with Gasteiger partial charge in [0.05, 0.1) is 6.10 Å². The second-order valence-electron chi connectivity index (χ2n) is 5.46. The summed E-state index contributed by atoms with van der Waals surface area (Å²) in [6, 6.07) is 0. The largest absolute Gasteiger partial charge is 0.393 e. The number of unbranched alkanes of at least 4 members (excludes halogenated alkanes) is 6. The van der Waals surface area contributed by atoms with Crippen LogP contribution >= 0.6 is 0 Å². The summed E-state index contributed by atoms with van der Waals surface area (Å²) in [6.07, 6.45) is 13.4. The van der Waals surface area contributed by atoms with Crippen LogP contribution in [0.25, 0.3) is 0 Å². The first kappa shape index (κ1) is 17.9. The van der Waals surface area contributed by atoms with Crippen molar-refractivity contribution in [2.75, 3.05) is 13.1 Å². The summed E-state index contributed by atoms with van der Waals surface area (Å²) >= 11 is 0. The lowest BCUT2D eigenvalue weighted by molar-refractivity contribution is 0.148. The van der Waals surface area contributed by atoms with E-state index in [2.05, 4.69) is 19.2 Å². The maximum atomic E-state index is 9.83. The lowest BCUT2D eigenvalue weighted by Crippen LogP contribution is -2.18. The Morgan fingerprint density at radius 3 is 2.00 bits per heavy atom. The van der Waals surface area contributed by atoms with Gasteiger partial charge in [-0.25, -0.2) is 0 Å². The molecular weight excluding hydrogens is 222 g/mol. The predicted molar refractivity (Wildman–Crippen MR) is 81.0 cm³/mol. The van der Waals surface area contributed by atoms with Gasteiger partial charge in [0.2, 0.25) is 0 Å². The van der Waals surface area contributed by atoms with E-state index >= 15 is 0 Å². The van der Waals surface area contributed by atoms with Crippen LogP contribution in [0, 0.1) is 0 Å². The molecule has 2 nitrogen and oxygen atoms in total. The van der Waals surface area contributed by atoms with Crippen molar-refractivity contribution in [1.29, 1.82) is 0 Å². The molecule has 0 aromatic carbocycles. The summed E-state index contributed by atoms with van der Waals surface area (Å²) in [5, 5.41) is 13.2. The Kier molecular flexibility index (Phi) is 14.9. The van der Waals surface area contributed by atoms with Gasteiger partial charge in [0, 0.05) is 0 Å². The lowest BCUT2D eigenvalue weighted by atomic mass is 10.0. The van der Waals surface area contributed by atoms with Gasteiger partial charge in [0.15, 0.2) is 0 Å². The topological polar surface area (TPSA) is 32.3 Å². The van der Waals surface area contributed by atoms with E-state index in [9.17, 15) is 5.11 Å². The smallest absolute Gasteiger partial charge is 0.0540 e. The van der Waals surface area contributed by atoms with Gasteiger partial charge in [-0.3, -0.25) is 0 Å². The fourth-order valence-electron chi connectivity index (χ4n) is 2.19. The molecule has 1 atom stereocenters. The fourth-order valence-corrected chi connectivity index (χ4v) is 2.19. The van der Waals surface area contributed by atoms with Gasteiger partial charge in [-0.2, -0.15) is 0 Å². The number of hydrogen-bond acceptors (Lipinski definition) is 2. The van der Waals surface area contributed by atoms with E-state index in [1.54, 1.807) is 0 Å². The highest BCUT2D eigenvalue weighted by Crippen LogP contribution is 2.10. The van der Waals surface area contributed by atoms with Gasteiger partial charge < -0.3 is 10.4 Å². The minimum atomic E-state index is -0.0656. The second kappa shape index (κ2) is 15.0. The molecule has 0 heterocycles. The van der Waals surface area contributed by atoms with Crippen LogP contribution in [0.1, 0.15) is 84.5 Å². The van der Waals surface area contributed by atoms with E-state index in [0.29, 0.717) is 0 Å². The SMILES string of the molecule is CCCCCCCCC(O)CCCNCCCC. The zero-order chi connectivity index (χ0) is 13.5. The van der Waals surface area contributed by atoms with E-state index in [1.807, 2.05) is 0 Å². The first-order valence-corrected chi connectivity index (χ1v) is 8.20. The van der Waals surface area contributed by atoms with Gasteiger partial charge >= 0.3 is 0 Å². The minimum Gasteiger partial charge on any atom is -0.393 e. The molecule has 0 aliphatic carbocycles. The fraction of sp³-hybridized carbons (Fsp3) is 1.00. The van der Waals surface area contributed by atoms with Crippen molar-refractivity contribution in [3.05, 3.63) is 0 Å². The molecule has 0 aliphatic heterocycles. The Balaban J connectivity index is 3.10. The number of hydrogen-bond donors (Lipinski definition) is 2. The monoisotopic (exact) mass is 257 g/mol. The number of rotatable bonds is 14. The van der Waals surface area contributed by atoms with Gasteiger partial charge in [-0.1, -0.05) is 58.8 Å². The van der Waals surface area contributed by atoms with E-state index in [4.69, 9.17) is 0 Å². The number of nitrogens with one attached hydrogen (secondary N) is 1. The van der Waals surface area contributed by atoms with Gasteiger partial charge in [0.1, 0.15) is 0 Å². The zero-order valence-corrected chi connectivity index (χ0v) is 12.7. The Morgan fingerprint density at radius 2 is 1.28 bits per heavy atom. The average Bonchev–Trinajstić information content (AvgIpc) is 2.38. The van der Waals surface area contributed by atoms with Gasteiger partial charge in [0.25, 0.3) is 0 Å². The molecule has 0 aliphatic rings. The van der Waals surface area contributed by atoms with Crippen LogP contribution in [0.4, 0.5) is 0 Å². The molecule has 0 fully saturated rings. The Hall–Kier alpha value is -0.0800. The van der Waals surface area contributed by atoms with Crippen molar-refractivity contribution in [3.63, 3.8) is 0 Å². The van der Waals surface area contributed by atoms with Gasteiger partial charge in [-0.05, 0) is 38.8 Å². The quantitative estimate of drug-likeness (QED) is 0.456. The normalized spacial score (nSPS) is 12.8. The second-order valence-corrected chi connectivity index (χ2v) is 5.46. The predicted octanol–water partition coefficient (Wildman–Crippen LogP) is 4.27. The van der Waals surface area contributed by atoms with E-state index < -0.39 is 0 Å². The highest BCUT2D eigenvalue weighted by atomic mass is 16.3. The summed E-state index contributed by atoms with van der Waals surface area (Å²) in [5.41, 5.74) is 0. The molecular formula is C16H35NO. The maximum absolute atomic E-state index is 9.83. The van der Waals surface area contributed by atoms with Gasteiger partial charge in [-0.15, -0.1) is 0 Å². The molecule has 0 aromatic heterocycles. The Labute approximate surface area is 115 Å². The third-order valence-electron chi connectivity index (χ3n) is 3.49. The van der Waals surface area contributed by atoms with Crippen molar-refractivity contribution in [2.24, 2.45) is 0 Å². The summed E-state index contributed by atoms with van der Waals surface area (Å²) < 4.78 is 0. The molecule has 0 spiro atoms. The summed E-state index contributed by atoms with van der Waals surface area (Å²) in [5.74, 6) is 0. The Bertz CT molecular complexity index is 134. The van der Waals surface area contributed by atoms with Crippen LogP contribution < -0.4 is 5.32 Å². The van der Waals surface area contributed by atoms with E-state index in [-0.39, 0.29) is 6.10 Å². The van der Waals surface area contributed by atoms with Crippen LogP contribution in [0.15, 0.2) is 0 Å². The van der Waals surface area contributed by atoms with Crippen molar-refractivity contribution in [3.8, 4) is 0 Å². The molecule has 0 bridgehead atoms. The average molecular weight is 257 g/mol. The molecule has 18 heavy (non-hydrogen) atoms. The van der Waals surface area contributed by atoms with Crippen LogP contribution in [0.2, 0.25) is 0 Å². The van der Waals surface area contributed by atoms with Crippen molar-refractivity contribution >= 4 is 0 Å². The van der Waals surface area contributed by atoms with Crippen molar-refractivity contribution in [1.82, 2.24) is 5.32 Å².